The van der Waals surface area contributed by atoms with Crippen LogP contribution < -0.4 is 0 Å². The molecule has 0 spiro atoms. The summed E-state index contributed by atoms with van der Waals surface area (Å²) >= 11 is 1.45. The van der Waals surface area contributed by atoms with Gasteiger partial charge >= 0.3 is 11.9 Å². The first-order valence-corrected chi connectivity index (χ1v) is 12.7. The van der Waals surface area contributed by atoms with Crippen LogP contribution in [0.5, 0.6) is 0 Å². The summed E-state index contributed by atoms with van der Waals surface area (Å²) in [6.45, 7) is 3.97. The predicted molar refractivity (Wildman–Crippen MR) is 126 cm³/mol. The fourth-order valence-electron chi connectivity index (χ4n) is 3.75. The van der Waals surface area contributed by atoms with Crippen LogP contribution in [-0.4, -0.2) is 27.9 Å². The average molecular weight is 437 g/mol. The second kappa shape index (κ2) is 16.2. The average Bonchev–Trinajstić information content (AvgIpc) is 2.72. The Morgan fingerprint density at radius 3 is 2.03 bits per heavy atom. The summed E-state index contributed by atoms with van der Waals surface area (Å²) in [4.78, 5) is 22.5. The van der Waals surface area contributed by atoms with Crippen molar-refractivity contribution in [3.63, 3.8) is 0 Å². The van der Waals surface area contributed by atoms with Gasteiger partial charge in [0, 0.05) is 11.0 Å². The predicted octanol–water partition coefficient (Wildman–Crippen LogP) is 7.12. The van der Waals surface area contributed by atoms with Gasteiger partial charge in [-0.05, 0) is 24.0 Å². The maximum Gasteiger partial charge on any atom is 0.307 e. The Hall–Kier alpha value is -1.49. The van der Waals surface area contributed by atoms with Crippen molar-refractivity contribution in [2.45, 2.75) is 96.1 Å². The molecule has 1 aromatic carbocycles. The zero-order chi connectivity index (χ0) is 22.2. The summed E-state index contributed by atoms with van der Waals surface area (Å²) in [5.41, 5.74) is 2.26. The Balaban J connectivity index is 2.53. The highest BCUT2D eigenvalue weighted by molar-refractivity contribution is 7.99. The summed E-state index contributed by atoms with van der Waals surface area (Å²) < 4.78 is 0. The van der Waals surface area contributed by atoms with E-state index in [2.05, 4.69) is 13.0 Å². The van der Waals surface area contributed by atoms with Crippen LogP contribution in [0.3, 0.4) is 0 Å². The van der Waals surface area contributed by atoms with Crippen molar-refractivity contribution in [2.24, 2.45) is 5.92 Å². The Labute approximate surface area is 186 Å². The molecular formula is C25H40O4S. The van der Waals surface area contributed by atoms with Crippen molar-refractivity contribution in [3.05, 3.63) is 35.4 Å². The molecule has 0 aliphatic heterocycles. The molecule has 0 bridgehead atoms. The monoisotopic (exact) mass is 436 g/mol. The molecule has 5 heteroatoms. The SMILES string of the molecule is CCCCCCCCCCCCc1ccccc1C(SCCC(=O)O)C(C)C(=O)O. The highest BCUT2D eigenvalue weighted by Gasteiger charge is 2.27. The summed E-state index contributed by atoms with van der Waals surface area (Å²) in [6, 6.07) is 8.09. The third-order valence-electron chi connectivity index (χ3n) is 5.62. The lowest BCUT2D eigenvalue weighted by molar-refractivity contribution is -0.141. The number of rotatable bonds is 18. The number of carbonyl (C=O) groups is 2. The fourth-order valence-corrected chi connectivity index (χ4v) is 5.11. The van der Waals surface area contributed by atoms with Crippen molar-refractivity contribution in [3.8, 4) is 0 Å². The van der Waals surface area contributed by atoms with Gasteiger partial charge < -0.3 is 10.2 Å². The molecule has 0 fully saturated rings. The minimum atomic E-state index is -0.845. The van der Waals surface area contributed by atoms with E-state index in [1.807, 2.05) is 18.2 Å². The molecule has 170 valence electrons. The van der Waals surface area contributed by atoms with Gasteiger partial charge in [0.2, 0.25) is 0 Å². The maximum atomic E-state index is 11.6. The van der Waals surface area contributed by atoms with Crippen LogP contribution in [0.4, 0.5) is 0 Å². The molecule has 0 radical (unpaired) electrons. The van der Waals surface area contributed by atoms with Gasteiger partial charge in [0.25, 0.3) is 0 Å². The Morgan fingerprint density at radius 2 is 1.47 bits per heavy atom. The van der Waals surface area contributed by atoms with Gasteiger partial charge in [-0.25, -0.2) is 0 Å². The first-order valence-electron chi connectivity index (χ1n) is 11.6. The summed E-state index contributed by atoms with van der Waals surface area (Å²) in [5, 5.41) is 18.3. The number of aryl methyl sites for hydroxylation is 1. The number of hydrogen-bond donors (Lipinski definition) is 2. The Morgan fingerprint density at radius 1 is 0.900 bits per heavy atom. The second-order valence-corrected chi connectivity index (χ2v) is 9.44. The van der Waals surface area contributed by atoms with Crippen molar-refractivity contribution in [1.29, 1.82) is 0 Å². The molecule has 2 atom stereocenters. The van der Waals surface area contributed by atoms with Crippen molar-refractivity contribution < 1.29 is 19.8 Å². The van der Waals surface area contributed by atoms with E-state index in [0.29, 0.717) is 5.75 Å². The molecule has 0 aliphatic rings. The molecule has 0 aromatic heterocycles. The maximum absolute atomic E-state index is 11.6. The van der Waals surface area contributed by atoms with Crippen molar-refractivity contribution in [2.75, 3.05) is 5.75 Å². The van der Waals surface area contributed by atoms with Crippen LogP contribution in [-0.2, 0) is 16.0 Å². The Kier molecular flexibility index (Phi) is 14.4. The van der Waals surface area contributed by atoms with Gasteiger partial charge in [0.1, 0.15) is 0 Å². The molecule has 1 aromatic rings. The Bertz CT molecular complexity index is 617. The van der Waals surface area contributed by atoms with Crippen molar-refractivity contribution in [1.82, 2.24) is 0 Å². The fraction of sp³-hybridized carbons (Fsp3) is 0.680. The van der Waals surface area contributed by atoms with Gasteiger partial charge in [-0.15, -0.1) is 0 Å². The largest absolute Gasteiger partial charge is 0.481 e. The van der Waals surface area contributed by atoms with Gasteiger partial charge in [0.05, 0.1) is 12.3 Å². The summed E-state index contributed by atoms with van der Waals surface area (Å²) in [7, 11) is 0. The molecule has 2 unspecified atom stereocenters. The van der Waals surface area contributed by atoms with Crippen LogP contribution >= 0.6 is 11.8 Å². The highest BCUT2D eigenvalue weighted by atomic mass is 32.2. The molecule has 0 heterocycles. The van der Waals surface area contributed by atoms with Gasteiger partial charge in [0.15, 0.2) is 0 Å². The first kappa shape index (κ1) is 26.5. The number of thioether (sulfide) groups is 1. The number of unbranched alkanes of at least 4 members (excludes halogenated alkanes) is 9. The quantitative estimate of drug-likeness (QED) is 0.240. The first-order chi connectivity index (χ1) is 14.5. The van der Waals surface area contributed by atoms with Gasteiger partial charge in [-0.1, -0.05) is 95.9 Å². The number of carboxylic acids is 2. The third kappa shape index (κ3) is 11.1. The molecule has 4 nitrogen and oxygen atoms in total. The van der Waals surface area contributed by atoms with Crippen LogP contribution in [0.25, 0.3) is 0 Å². The van der Waals surface area contributed by atoms with E-state index in [0.717, 1.165) is 18.4 Å². The number of hydrogen-bond acceptors (Lipinski definition) is 3. The van der Waals surface area contributed by atoms with Gasteiger partial charge in [-0.3, -0.25) is 9.59 Å². The molecule has 2 N–H and O–H groups in total. The van der Waals surface area contributed by atoms with Crippen LogP contribution in [0, 0.1) is 5.92 Å². The molecule has 30 heavy (non-hydrogen) atoms. The van der Waals surface area contributed by atoms with E-state index >= 15 is 0 Å². The van der Waals surface area contributed by atoms with E-state index in [-0.39, 0.29) is 11.7 Å². The summed E-state index contributed by atoms with van der Waals surface area (Å²) in [5.74, 6) is -1.82. The standard InChI is InChI=1S/C25H40O4S/c1-3-4-5-6-7-8-9-10-11-12-15-21-16-13-14-17-22(21)24(20(2)25(28)29)30-19-18-23(26)27/h13-14,16-17,20,24H,3-12,15,18-19H2,1-2H3,(H,26,27)(H,28,29). The lowest BCUT2D eigenvalue weighted by Crippen LogP contribution is -2.18. The van der Waals surface area contributed by atoms with Crippen LogP contribution in [0.1, 0.15) is 101 Å². The number of aliphatic carboxylic acids is 2. The highest BCUT2D eigenvalue weighted by Crippen LogP contribution is 2.38. The molecule has 0 amide bonds. The molecule has 1 rings (SSSR count). The third-order valence-corrected chi connectivity index (χ3v) is 7.08. The van der Waals surface area contributed by atoms with Gasteiger partial charge in [-0.2, -0.15) is 11.8 Å². The van der Waals surface area contributed by atoms with Crippen LogP contribution in [0.2, 0.25) is 0 Å². The molecule has 0 saturated carbocycles. The van der Waals surface area contributed by atoms with Crippen LogP contribution in [0.15, 0.2) is 24.3 Å². The van der Waals surface area contributed by atoms with Crippen molar-refractivity contribution >= 4 is 23.7 Å². The normalized spacial score (nSPS) is 13.1. The lowest BCUT2D eigenvalue weighted by atomic mass is 9.93. The molecule has 0 aliphatic carbocycles. The lowest BCUT2D eigenvalue weighted by Gasteiger charge is -2.23. The minimum Gasteiger partial charge on any atom is -0.481 e. The zero-order valence-electron chi connectivity index (χ0n) is 18.8. The number of carboxylic acid groups (broad SMARTS) is 2. The van der Waals surface area contributed by atoms with E-state index in [1.54, 1.807) is 6.92 Å². The van der Waals surface area contributed by atoms with E-state index < -0.39 is 17.9 Å². The second-order valence-electron chi connectivity index (χ2n) is 8.19. The smallest absolute Gasteiger partial charge is 0.307 e. The number of benzene rings is 1. The zero-order valence-corrected chi connectivity index (χ0v) is 19.6. The van der Waals surface area contributed by atoms with E-state index in [4.69, 9.17) is 5.11 Å². The molecule has 0 saturated heterocycles. The summed E-state index contributed by atoms with van der Waals surface area (Å²) in [6.07, 6.45) is 14.0. The van der Waals surface area contributed by atoms with E-state index in [1.165, 1.54) is 75.1 Å². The minimum absolute atomic E-state index is 0.0497. The van der Waals surface area contributed by atoms with E-state index in [9.17, 15) is 14.7 Å². The topological polar surface area (TPSA) is 74.6 Å². The molecular weight excluding hydrogens is 396 g/mol.